The SMILES string of the molecule is CCCCC(N)C(=O)O.O=C(O)c1cccc(O)c1. The number of hydrogen-bond donors (Lipinski definition) is 4. The van der Waals surface area contributed by atoms with Gasteiger partial charge in [0.05, 0.1) is 5.56 Å². The fourth-order valence-electron chi connectivity index (χ4n) is 1.19. The van der Waals surface area contributed by atoms with E-state index < -0.39 is 18.0 Å². The summed E-state index contributed by atoms with van der Waals surface area (Å²) in [5.74, 6) is -1.96. The molecule has 6 nitrogen and oxygen atoms in total. The van der Waals surface area contributed by atoms with Crippen molar-refractivity contribution in [1.82, 2.24) is 0 Å². The molecule has 0 heterocycles. The quantitative estimate of drug-likeness (QED) is 0.645. The van der Waals surface area contributed by atoms with Crippen LogP contribution in [0, 0.1) is 0 Å². The van der Waals surface area contributed by atoms with Gasteiger partial charge in [-0.15, -0.1) is 0 Å². The molecule has 0 aliphatic rings. The van der Waals surface area contributed by atoms with Gasteiger partial charge in [0.2, 0.25) is 0 Å². The van der Waals surface area contributed by atoms with E-state index in [4.69, 9.17) is 21.1 Å². The molecule has 1 aromatic rings. The lowest BCUT2D eigenvalue weighted by Crippen LogP contribution is -2.29. The topological polar surface area (TPSA) is 121 Å². The van der Waals surface area contributed by atoms with Gasteiger partial charge in [-0.25, -0.2) is 4.79 Å². The molecule has 19 heavy (non-hydrogen) atoms. The molecular formula is C13H19NO5. The molecule has 0 radical (unpaired) electrons. The van der Waals surface area contributed by atoms with Crippen LogP contribution in [0.2, 0.25) is 0 Å². The number of hydrogen-bond acceptors (Lipinski definition) is 4. The number of aromatic carboxylic acids is 1. The summed E-state index contributed by atoms with van der Waals surface area (Å²) < 4.78 is 0. The van der Waals surface area contributed by atoms with Crippen molar-refractivity contribution in [3.05, 3.63) is 29.8 Å². The summed E-state index contributed by atoms with van der Waals surface area (Å²) in [7, 11) is 0. The Morgan fingerprint density at radius 3 is 2.32 bits per heavy atom. The normalized spacial score (nSPS) is 11.1. The number of unbranched alkanes of at least 4 members (excludes halogenated alkanes) is 1. The molecule has 1 unspecified atom stereocenters. The zero-order chi connectivity index (χ0) is 14.8. The monoisotopic (exact) mass is 269 g/mol. The van der Waals surface area contributed by atoms with Crippen LogP contribution >= 0.6 is 0 Å². The summed E-state index contributed by atoms with van der Waals surface area (Å²) in [6, 6.07) is 4.86. The van der Waals surface area contributed by atoms with E-state index in [9.17, 15) is 9.59 Å². The first-order chi connectivity index (χ1) is 8.88. The molecule has 5 N–H and O–H groups in total. The maximum Gasteiger partial charge on any atom is 0.335 e. The maximum absolute atomic E-state index is 10.2. The fraction of sp³-hybridized carbons (Fsp3) is 0.385. The van der Waals surface area contributed by atoms with E-state index in [2.05, 4.69) is 0 Å². The zero-order valence-electron chi connectivity index (χ0n) is 10.7. The van der Waals surface area contributed by atoms with E-state index in [1.807, 2.05) is 6.92 Å². The van der Waals surface area contributed by atoms with Crippen LogP contribution in [-0.2, 0) is 4.79 Å². The highest BCUT2D eigenvalue weighted by Gasteiger charge is 2.08. The van der Waals surface area contributed by atoms with Crippen LogP contribution < -0.4 is 5.73 Å². The predicted octanol–water partition coefficient (Wildman–Crippen LogP) is 1.68. The minimum Gasteiger partial charge on any atom is -0.508 e. The van der Waals surface area contributed by atoms with Gasteiger partial charge in [0.1, 0.15) is 11.8 Å². The molecule has 6 heteroatoms. The minimum atomic E-state index is -1.03. The second-order valence-electron chi connectivity index (χ2n) is 3.94. The van der Waals surface area contributed by atoms with Gasteiger partial charge in [0.15, 0.2) is 0 Å². The van der Waals surface area contributed by atoms with E-state index in [1.54, 1.807) is 0 Å². The molecule has 1 atom stereocenters. The number of carboxylic acid groups (broad SMARTS) is 2. The molecule has 0 aliphatic carbocycles. The highest BCUT2D eigenvalue weighted by molar-refractivity contribution is 5.87. The van der Waals surface area contributed by atoms with Crippen LogP contribution in [0.15, 0.2) is 24.3 Å². The lowest BCUT2D eigenvalue weighted by molar-refractivity contribution is -0.138. The molecule has 0 fully saturated rings. The number of rotatable bonds is 5. The van der Waals surface area contributed by atoms with Crippen LogP contribution in [0.5, 0.6) is 5.75 Å². The lowest BCUT2D eigenvalue weighted by Gasteiger charge is -2.02. The van der Waals surface area contributed by atoms with Crippen LogP contribution in [0.25, 0.3) is 0 Å². The second kappa shape index (κ2) is 8.93. The van der Waals surface area contributed by atoms with Gasteiger partial charge in [-0.05, 0) is 24.6 Å². The van der Waals surface area contributed by atoms with Crippen molar-refractivity contribution >= 4 is 11.9 Å². The fourth-order valence-corrected chi connectivity index (χ4v) is 1.19. The van der Waals surface area contributed by atoms with E-state index in [1.165, 1.54) is 24.3 Å². The molecule has 0 saturated carbocycles. The van der Waals surface area contributed by atoms with Crippen LogP contribution in [0.3, 0.4) is 0 Å². The van der Waals surface area contributed by atoms with Crippen molar-refractivity contribution in [3.8, 4) is 5.75 Å². The first-order valence-corrected chi connectivity index (χ1v) is 5.89. The van der Waals surface area contributed by atoms with Crippen LogP contribution in [-0.4, -0.2) is 33.3 Å². The smallest absolute Gasteiger partial charge is 0.335 e. The minimum absolute atomic E-state index is 0.0279. The van der Waals surface area contributed by atoms with Gasteiger partial charge in [0.25, 0.3) is 0 Å². The van der Waals surface area contributed by atoms with E-state index in [0.29, 0.717) is 6.42 Å². The highest BCUT2D eigenvalue weighted by atomic mass is 16.4. The van der Waals surface area contributed by atoms with Crippen molar-refractivity contribution in [2.75, 3.05) is 0 Å². The number of carbonyl (C=O) groups is 2. The molecule has 0 spiro atoms. The number of nitrogens with two attached hydrogens (primary N) is 1. The summed E-state index contributed by atoms with van der Waals surface area (Å²) in [6.07, 6.45) is 2.49. The Balaban J connectivity index is 0.000000344. The average molecular weight is 269 g/mol. The van der Waals surface area contributed by atoms with Crippen LogP contribution in [0.4, 0.5) is 0 Å². The summed E-state index contributed by atoms with van der Waals surface area (Å²) in [4.78, 5) is 20.3. The molecule has 0 aliphatic heterocycles. The number of aliphatic carboxylic acids is 1. The Bertz CT molecular complexity index is 419. The first kappa shape index (κ1) is 16.9. The Morgan fingerprint density at radius 2 is 1.95 bits per heavy atom. The Labute approximate surface area is 111 Å². The standard InChI is InChI=1S/C7H6O3.C6H13NO2/c8-6-3-1-2-5(4-6)7(9)10;1-2-3-4-5(7)6(8)9/h1-4,8H,(H,9,10);5H,2-4,7H2,1H3,(H,8,9). The van der Waals surface area contributed by atoms with E-state index >= 15 is 0 Å². The van der Waals surface area contributed by atoms with Crippen molar-refractivity contribution in [2.45, 2.75) is 32.2 Å². The number of phenolic OH excluding ortho intramolecular Hbond substituents is 1. The van der Waals surface area contributed by atoms with Gasteiger partial charge in [-0.1, -0.05) is 25.8 Å². The third-order valence-corrected chi connectivity index (χ3v) is 2.28. The zero-order valence-corrected chi connectivity index (χ0v) is 10.7. The number of benzene rings is 1. The van der Waals surface area contributed by atoms with Crippen molar-refractivity contribution in [3.63, 3.8) is 0 Å². The lowest BCUT2D eigenvalue weighted by atomic mass is 10.1. The third-order valence-electron chi connectivity index (χ3n) is 2.28. The van der Waals surface area contributed by atoms with Crippen LogP contribution in [0.1, 0.15) is 36.5 Å². The molecule has 1 rings (SSSR count). The van der Waals surface area contributed by atoms with E-state index in [-0.39, 0.29) is 11.3 Å². The average Bonchev–Trinajstić information content (AvgIpc) is 2.36. The highest BCUT2D eigenvalue weighted by Crippen LogP contribution is 2.09. The van der Waals surface area contributed by atoms with E-state index in [0.717, 1.165) is 12.8 Å². The summed E-state index contributed by atoms with van der Waals surface area (Å²) in [5, 5.41) is 25.5. The summed E-state index contributed by atoms with van der Waals surface area (Å²) in [5.41, 5.74) is 5.30. The largest absolute Gasteiger partial charge is 0.508 e. The van der Waals surface area contributed by atoms with Gasteiger partial charge >= 0.3 is 11.9 Å². The van der Waals surface area contributed by atoms with Gasteiger partial charge < -0.3 is 21.1 Å². The Kier molecular flexibility index (Phi) is 7.95. The summed E-state index contributed by atoms with van der Waals surface area (Å²) >= 11 is 0. The number of carboxylic acids is 2. The van der Waals surface area contributed by atoms with Crippen molar-refractivity contribution < 1.29 is 24.9 Å². The molecule has 0 amide bonds. The molecule has 0 saturated heterocycles. The van der Waals surface area contributed by atoms with Crippen molar-refractivity contribution in [2.24, 2.45) is 5.73 Å². The Morgan fingerprint density at radius 1 is 1.32 bits per heavy atom. The Hall–Kier alpha value is -2.08. The van der Waals surface area contributed by atoms with Crippen molar-refractivity contribution in [1.29, 1.82) is 0 Å². The predicted molar refractivity (Wildman–Crippen MR) is 70.2 cm³/mol. The molecule has 0 bridgehead atoms. The number of aromatic hydroxyl groups is 1. The molecule has 1 aromatic carbocycles. The number of phenols is 1. The maximum atomic E-state index is 10.2. The van der Waals surface area contributed by atoms with Gasteiger partial charge in [-0.2, -0.15) is 0 Å². The first-order valence-electron chi connectivity index (χ1n) is 5.89. The molecule has 106 valence electrons. The molecular weight excluding hydrogens is 250 g/mol. The second-order valence-corrected chi connectivity index (χ2v) is 3.94. The summed E-state index contributed by atoms with van der Waals surface area (Å²) in [6.45, 7) is 2.01. The third kappa shape index (κ3) is 7.77. The molecule has 0 aromatic heterocycles. The van der Waals surface area contributed by atoms with Gasteiger partial charge in [-0.3, -0.25) is 4.79 Å². The van der Waals surface area contributed by atoms with Gasteiger partial charge in [0, 0.05) is 0 Å².